The Bertz CT molecular complexity index is 596. The van der Waals surface area contributed by atoms with Crippen molar-refractivity contribution in [2.75, 3.05) is 5.73 Å². The number of benzene rings is 1. The molecule has 1 amide bonds. The van der Waals surface area contributed by atoms with Crippen LogP contribution in [-0.2, 0) is 6.54 Å². The first-order valence-electron chi connectivity index (χ1n) is 6.37. The van der Waals surface area contributed by atoms with Gasteiger partial charge in [0.1, 0.15) is 0 Å². The molecule has 3 nitrogen and oxygen atoms in total. The monoisotopic (exact) mass is 352 g/mol. The Morgan fingerprint density at radius 3 is 2.70 bits per heavy atom. The van der Waals surface area contributed by atoms with Gasteiger partial charge in [0.15, 0.2) is 0 Å². The summed E-state index contributed by atoms with van der Waals surface area (Å²) in [4.78, 5) is 15.7. The molecule has 0 spiro atoms. The van der Waals surface area contributed by atoms with E-state index in [1.165, 1.54) is 4.88 Å². The Morgan fingerprint density at radius 2 is 2.15 bits per heavy atom. The number of carbonyl (C=O) groups excluding carboxylic acids is 1. The molecule has 0 aliphatic heterocycles. The Labute approximate surface area is 131 Å². The van der Waals surface area contributed by atoms with E-state index < -0.39 is 0 Å². The third-order valence-electron chi connectivity index (χ3n) is 3.03. The number of thiophene rings is 1. The summed E-state index contributed by atoms with van der Waals surface area (Å²) in [5.41, 5.74) is 7.01. The predicted molar refractivity (Wildman–Crippen MR) is 87.9 cm³/mol. The number of amides is 1. The van der Waals surface area contributed by atoms with Gasteiger partial charge >= 0.3 is 0 Å². The van der Waals surface area contributed by atoms with Crippen LogP contribution in [0.25, 0.3) is 0 Å². The minimum absolute atomic E-state index is 0.0293. The molecule has 0 atom stereocenters. The van der Waals surface area contributed by atoms with E-state index in [4.69, 9.17) is 5.73 Å². The first kappa shape index (κ1) is 15.1. The SMILES string of the molecule is CC(C)N(Cc1cccs1)C(=O)c1ccc(Br)cc1N. The largest absolute Gasteiger partial charge is 0.398 e. The second-order valence-electron chi connectivity index (χ2n) is 4.84. The molecule has 0 radical (unpaired) electrons. The number of halogens is 1. The summed E-state index contributed by atoms with van der Waals surface area (Å²) in [7, 11) is 0. The molecule has 0 aliphatic carbocycles. The lowest BCUT2D eigenvalue weighted by atomic mass is 10.1. The maximum Gasteiger partial charge on any atom is 0.256 e. The van der Waals surface area contributed by atoms with Crippen LogP contribution in [0.1, 0.15) is 29.1 Å². The van der Waals surface area contributed by atoms with Crippen molar-refractivity contribution in [2.24, 2.45) is 0 Å². The van der Waals surface area contributed by atoms with Crippen LogP contribution in [-0.4, -0.2) is 16.8 Å². The first-order chi connectivity index (χ1) is 9.49. The summed E-state index contributed by atoms with van der Waals surface area (Å²) in [6.45, 7) is 4.64. The van der Waals surface area contributed by atoms with Crippen LogP contribution in [0.15, 0.2) is 40.2 Å². The third-order valence-corrected chi connectivity index (χ3v) is 4.39. The molecule has 1 aromatic heterocycles. The van der Waals surface area contributed by atoms with Gasteiger partial charge in [-0.05, 0) is 43.5 Å². The quantitative estimate of drug-likeness (QED) is 0.840. The first-order valence-corrected chi connectivity index (χ1v) is 8.04. The van der Waals surface area contributed by atoms with Gasteiger partial charge < -0.3 is 10.6 Å². The maximum absolute atomic E-state index is 12.7. The average Bonchev–Trinajstić information content (AvgIpc) is 2.87. The highest BCUT2D eigenvalue weighted by molar-refractivity contribution is 9.10. The van der Waals surface area contributed by atoms with Crippen LogP contribution >= 0.6 is 27.3 Å². The highest BCUT2D eigenvalue weighted by Crippen LogP contribution is 2.22. The van der Waals surface area contributed by atoms with Crippen molar-refractivity contribution in [3.05, 3.63) is 50.6 Å². The van der Waals surface area contributed by atoms with Crippen molar-refractivity contribution in [2.45, 2.75) is 26.4 Å². The third kappa shape index (κ3) is 3.41. The summed E-state index contributed by atoms with van der Waals surface area (Å²) in [5, 5.41) is 2.02. The molecule has 2 N–H and O–H groups in total. The molecule has 1 aromatic carbocycles. The van der Waals surface area contributed by atoms with Gasteiger partial charge in [-0.15, -0.1) is 11.3 Å². The molecule has 0 fully saturated rings. The lowest BCUT2D eigenvalue weighted by Gasteiger charge is -2.27. The van der Waals surface area contributed by atoms with Crippen molar-refractivity contribution < 1.29 is 4.79 Å². The number of rotatable bonds is 4. The molecule has 0 aliphatic rings. The molecule has 2 aromatic rings. The molecule has 5 heteroatoms. The number of anilines is 1. The van der Waals surface area contributed by atoms with E-state index in [0.29, 0.717) is 17.8 Å². The van der Waals surface area contributed by atoms with Gasteiger partial charge in [0, 0.05) is 21.1 Å². The van der Waals surface area contributed by atoms with Crippen LogP contribution in [0.2, 0.25) is 0 Å². The van der Waals surface area contributed by atoms with Crippen LogP contribution in [0, 0.1) is 0 Å². The number of hydrogen-bond donors (Lipinski definition) is 1. The Hall–Kier alpha value is -1.33. The van der Waals surface area contributed by atoms with Crippen LogP contribution in [0.5, 0.6) is 0 Å². The standard InChI is InChI=1S/C15H17BrN2OS/c1-10(2)18(9-12-4-3-7-20-12)15(19)13-6-5-11(16)8-14(13)17/h3-8,10H,9,17H2,1-2H3. The van der Waals surface area contributed by atoms with E-state index in [-0.39, 0.29) is 11.9 Å². The fraction of sp³-hybridized carbons (Fsp3) is 0.267. The highest BCUT2D eigenvalue weighted by Gasteiger charge is 2.21. The van der Waals surface area contributed by atoms with Crippen LogP contribution in [0.3, 0.4) is 0 Å². The number of nitrogen functional groups attached to an aromatic ring is 1. The number of hydrogen-bond acceptors (Lipinski definition) is 3. The van der Waals surface area contributed by atoms with Gasteiger partial charge in [0.2, 0.25) is 0 Å². The van der Waals surface area contributed by atoms with Gasteiger partial charge in [-0.3, -0.25) is 4.79 Å². The normalized spacial score (nSPS) is 10.8. The van der Waals surface area contributed by atoms with Crippen molar-refractivity contribution in [3.8, 4) is 0 Å². The van der Waals surface area contributed by atoms with E-state index >= 15 is 0 Å². The van der Waals surface area contributed by atoms with Gasteiger partial charge in [-0.2, -0.15) is 0 Å². The van der Waals surface area contributed by atoms with Crippen molar-refractivity contribution in [1.82, 2.24) is 4.90 Å². The molecule has 106 valence electrons. The van der Waals surface area contributed by atoms with E-state index in [1.54, 1.807) is 23.5 Å². The molecule has 2 rings (SSSR count). The average molecular weight is 353 g/mol. The minimum atomic E-state index is -0.0293. The van der Waals surface area contributed by atoms with Gasteiger partial charge in [0.05, 0.1) is 12.1 Å². The molecular formula is C15H17BrN2OS. The zero-order valence-corrected chi connectivity index (χ0v) is 13.9. The fourth-order valence-corrected chi connectivity index (χ4v) is 3.02. The summed E-state index contributed by atoms with van der Waals surface area (Å²) in [6.07, 6.45) is 0. The highest BCUT2D eigenvalue weighted by atomic mass is 79.9. The Morgan fingerprint density at radius 1 is 1.40 bits per heavy atom. The van der Waals surface area contributed by atoms with Gasteiger partial charge in [-0.1, -0.05) is 22.0 Å². The zero-order chi connectivity index (χ0) is 14.7. The Balaban J connectivity index is 2.27. The van der Waals surface area contributed by atoms with Gasteiger partial charge in [-0.25, -0.2) is 0 Å². The fourth-order valence-electron chi connectivity index (χ4n) is 1.94. The van der Waals surface area contributed by atoms with Crippen molar-refractivity contribution in [1.29, 1.82) is 0 Å². The molecule has 0 bridgehead atoms. The van der Waals surface area contributed by atoms with Crippen LogP contribution in [0.4, 0.5) is 5.69 Å². The number of nitrogens with two attached hydrogens (primary N) is 1. The topological polar surface area (TPSA) is 46.3 Å². The lowest BCUT2D eigenvalue weighted by Crippen LogP contribution is -2.36. The molecule has 0 unspecified atom stereocenters. The summed E-state index contributed by atoms with van der Waals surface area (Å²) < 4.78 is 0.876. The number of carbonyl (C=O) groups is 1. The van der Waals surface area contributed by atoms with Crippen molar-refractivity contribution in [3.63, 3.8) is 0 Å². The van der Waals surface area contributed by atoms with Crippen LogP contribution < -0.4 is 5.73 Å². The van der Waals surface area contributed by atoms with E-state index in [9.17, 15) is 4.79 Å². The number of nitrogens with zero attached hydrogens (tertiary/aromatic N) is 1. The molecule has 1 heterocycles. The molecular weight excluding hydrogens is 336 g/mol. The second kappa shape index (κ2) is 6.41. The molecule has 20 heavy (non-hydrogen) atoms. The van der Waals surface area contributed by atoms with E-state index in [0.717, 1.165) is 4.47 Å². The van der Waals surface area contributed by atoms with E-state index in [2.05, 4.69) is 15.9 Å². The molecule has 0 saturated carbocycles. The summed E-state index contributed by atoms with van der Waals surface area (Å²) >= 11 is 5.01. The maximum atomic E-state index is 12.7. The lowest BCUT2D eigenvalue weighted by molar-refractivity contribution is 0.0693. The van der Waals surface area contributed by atoms with Gasteiger partial charge in [0.25, 0.3) is 5.91 Å². The minimum Gasteiger partial charge on any atom is -0.398 e. The summed E-state index contributed by atoms with van der Waals surface area (Å²) in [6, 6.07) is 9.53. The Kier molecular flexibility index (Phi) is 4.83. The van der Waals surface area contributed by atoms with E-state index in [1.807, 2.05) is 42.3 Å². The molecule has 0 saturated heterocycles. The predicted octanol–water partition coefficient (Wildman–Crippen LogP) is 4.14. The smallest absolute Gasteiger partial charge is 0.256 e. The zero-order valence-electron chi connectivity index (χ0n) is 11.5. The second-order valence-corrected chi connectivity index (χ2v) is 6.79. The summed E-state index contributed by atoms with van der Waals surface area (Å²) in [5.74, 6) is -0.0293. The van der Waals surface area contributed by atoms with Crippen molar-refractivity contribution >= 4 is 38.9 Å².